The fourth-order valence-corrected chi connectivity index (χ4v) is 4.20. The molecule has 1 aromatic rings. The normalized spacial score (nSPS) is 23.5. The van der Waals surface area contributed by atoms with Gasteiger partial charge in [0.1, 0.15) is 11.9 Å². The maximum absolute atomic E-state index is 9.52. The van der Waals surface area contributed by atoms with Crippen LogP contribution in [-0.2, 0) is 27.1 Å². The fraction of sp³-hybridized carbons (Fsp3) is 0.538. The van der Waals surface area contributed by atoms with Gasteiger partial charge >= 0.3 is 0 Å². The van der Waals surface area contributed by atoms with E-state index in [-0.39, 0.29) is 18.8 Å². The molecule has 1 saturated heterocycles. The number of aliphatic hydroxyl groups is 1. The zero-order valence-electron chi connectivity index (χ0n) is 18.7. The van der Waals surface area contributed by atoms with E-state index < -0.39 is 0 Å². The molecular formula is C26H36O4. The van der Waals surface area contributed by atoms with E-state index in [1.165, 1.54) is 27.8 Å². The van der Waals surface area contributed by atoms with E-state index >= 15 is 0 Å². The van der Waals surface area contributed by atoms with Crippen LogP contribution in [0.5, 0.6) is 0 Å². The minimum absolute atomic E-state index is 0.00995. The Hall–Kier alpha value is -1.88. The Bertz CT molecular complexity index is 790. The van der Waals surface area contributed by atoms with Gasteiger partial charge in [0.25, 0.3) is 0 Å². The summed E-state index contributed by atoms with van der Waals surface area (Å²) in [7, 11) is 0. The number of benzene rings is 1. The van der Waals surface area contributed by atoms with Crippen molar-refractivity contribution in [2.45, 2.75) is 65.1 Å². The zero-order valence-corrected chi connectivity index (χ0v) is 18.7. The predicted molar refractivity (Wildman–Crippen MR) is 120 cm³/mol. The Kier molecular flexibility index (Phi) is 8.74. The Labute approximate surface area is 181 Å². The Morgan fingerprint density at radius 1 is 1.23 bits per heavy atom. The van der Waals surface area contributed by atoms with Gasteiger partial charge in [0.2, 0.25) is 0 Å². The van der Waals surface area contributed by atoms with Crippen molar-refractivity contribution in [3.63, 3.8) is 0 Å². The topological polar surface area (TPSA) is 47.9 Å². The highest BCUT2D eigenvalue weighted by Gasteiger charge is 2.22. The number of ether oxygens (including phenoxy) is 3. The first kappa shape index (κ1) is 22.8. The van der Waals surface area contributed by atoms with Gasteiger partial charge in [-0.3, -0.25) is 0 Å². The quantitative estimate of drug-likeness (QED) is 0.667. The third kappa shape index (κ3) is 6.07. The van der Waals surface area contributed by atoms with Gasteiger partial charge in [0.05, 0.1) is 25.9 Å². The third-order valence-electron chi connectivity index (χ3n) is 5.74. The van der Waals surface area contributed by atoms with Gasteiger partial charge < -0.3 is 19.3 Å². The maximum Gasteiger partial charge on any atom is 0.122 e. The highest BCUT2D eigenvalue weighted by molar-refractivity contribution is 5.39. The lowest BCUT2D eigenvalue weighted by atomic mass is 9.93. The summed E-state index contributed by atoms with van der Waals surface area (Å²) in [5.41, 5.74) is 6.53. The average molecular weight is 413 g/mol. The number of aliphatic hydroxyl groups excluding tert-OH is 1. The molecule has 2 aliphatic rings. The molecule has 2 unspecified atom stereocenters. The molecule has 1 fully saturated rings. The van der Waals surface area contributed by atoms with Crippen LogP contribution in [0.15, 0.2) is 53.3 Å². The molecule has 4 heteroatoms. The van der Waals surface area contributed by atoms with Crippen molar-refractivity contribution >= 4 is 0 Å². The number of aryl methyl sites for hydroxylation is 1. The molecule has 0 aliphatic carbocycles. The molecule has 2 heterocycles. The molecule has 0 saturated carbocycles. The number of hydrogen-bond donors (Lipinski definition) is 1. The molecule has 2 aliphatic heterocycles. The molecular weight excluding hydrogens is 376 g/mol. The van der Waals surface area contributed by atoms with Gasteiger partial charge in [-0.25, -0.2) is 0 Å². The number of hydrogen-bond acceptors (Lipinski definition) is 4. The van der Waals surface area contributed by atoms with Gasteiger partial charge in [0.15, 0.2) is 0 Å². The molecule has 1 N–H and O–H groups in total. The first-order valence-electron chi connectivity index (χ1n) is 11.3. The predicted octanol–water partition coefficient (Wildman–Crippen LogP) is 5.22. The first-order chi connectivity index (χ1) is 14.6. The van der Waals surface area contributed by atoms with Gasteiger partial charge in [-0.2, -0.15) is 0 Å². The molecule has 0 aromatic heterocycles. The van der Waals surface area contributed by atoms with Crippen LogP contribution in [0.2, 0.25) is 0 Å². The van der Waals surface area contributed by atoms with Crippen LogP contribution < -0.4 is 0 Å². The second kappa shape index (κ2) is 11.5. The highest BCUT2D eigenvalue weighted by atomic mass is 16.6. The lowest BCUT2D eigenvalue weighted by Crippen LogP contribution is -2.23. The van der Waals surface area contributed by atoms with Crippen LogP contribution in [0, 0.1) is 0 Å². The first-order valence-corrected chi connectivity index (χ1v) is 11.3. The summed E-state index contributed by atoms with van der Waals surface area (Å²) < 4.78 is 17.6. The summed E-state index contributed by atoms with van der Waals surface area (Å²) >= 11 is 0. The molecule has 0 radical (unpaired) electrons. The van der Waals surface area contributed by atoms with E-state index in [9.17, 15) is 5.11 Å². The van der Waals surface area contributed by atoms with Crippen molar-refractivity contribution in [3.8, 4) is 0 Å². The minimum atomic E-state index is -0.253. The lowest BCUT2D eigenvalue weighted by Gasteiger charge is -2.21. The second-order valence-electron chi connectivity index (χ2n) is 8.18. The fourth-order valence-electron chi connectivity index (χ4n) is 4.20. The largest absolute Gasteiger partial charge is 0.493 e. The van der Waals surface area contributed by atoms with E-state index in [2.05, 4.69) is 44.2 Å². The number of allylic oxidation sites excluding steroid dienone is 5. The standard InChI is InChI=1S/C26H36O4/c1-4-7-25-21(8-6-12-29-25)14-19(3)15-23-16-22(10-9-20(23)5-2)26-11-13-28-18-24(17-27)30-26/h4,7,9-10,14,16,24,26-27H,5-6,8,11-13,15,17-18H2,1-3H3/b7-4-,19-14+. The van der Waals surface area contributed by atoms with Gasteiger partial charge in [0, 0.05) is 13.0 Å². The molecule has 2 atom stereocenters. The van der Waals surface area contributed by atoms with Gasteiger partial charge in [-0.1, -0.05) is 42.8 Å². The third-order valence-corrected chi connectivity index (χ3v) is 5.74. The van der Waals surface area contributed by atoms with Gasteiger partial charge in [-0.15, -0.1) is 0 Å². The highest BCUT2D eigenvalue weighted by Crippen LogP contribution is 2.29. The van der Waals surface area contributed by atoms with Crippen LogP contribution in [-0.4, -0.2) is 37.6 Å². The molecule has 164 valence electrons. The van der Waals surface area contributed by atoms with E-state index in [0.717, 1.165) is 44.5 Å². The van der Waals surface area contributed by atoms with Crippen LogP contribution >= 0.6 is 0 Å². The summed E-state index contributed by atoms with van der Waals surface area (Å²) in [4.78, 5) is 0. The van der Waals surface area contributed by atoms with Crippen molar-refractivity contribution in [3.05, 3.63) is 70.0 Å². The maximum atomic E-state index is 9.52. The van der Waals surface area contributed by atoms with E-state index in [0.29, 0.717) is 13.2 Å². The Morgan fingerprint density at radius 2 is 2.10 bits per heavy atom. The number of rotatable bonds is 7. The molecule has 1 aromatic carbocycles. The lowest BCUT2D eigenvalue weighted by molar-refractivity contribution is -0.0468. The van der Waals surface area contributed by atoms with Crippen molar-refractivity contribution < 1.29 is 19.3 Å². The smallest absolute Gasteiger partial charge is 0.122 e. The molecule has 3 rings (SSSR count). The van der Waals surface area contributed by atoms with Crippen LogP contribution in [0.4, 0.5) is 0 Å². The van der Waals surface area contributed by atoms with E-state index in [4.69, 9.17) is 14.2 Å². The Balaban J connectivity index is 1.83. The van der Waals surface area contributed by atoms with Crippen molar-refractivity contribution in [2.24, 2.45) is 0 Å². The van der Waals surface area contributed by atoms with Crippen molar-refractivity contribution in [2.75, 3.05) is 26.4 Å². The van der Waals surface area contributed by atoms with Crippen LogP contribution in [0.3, 0.4) is 0 Å². The van der Waals surface area contributed by atoms with E-state index in [1.54, 1.807) is 0 Å². The molecule has 30 heavy (non-hydrogen) atoms. The summed E-state index contributed by atoms with van der Waals surface area (Å²) in [5.74, 6) is 1.01. The second-order valence-corrected chi connectivity index (χ2v) is 8.18. The van der Waals surface area contributed by atoms with Crippen LogP contribution in [0.1, 0.15) is 62.8 Å². The minimum Gasteiger partial charge on any atom is -0.493 e. The summed E-state index contributed by atoms with van der Waals surface area (Å²) in [6, 6.07) is 6.70. The van der Waals surface area contributed by atoms with Gasteiger partial charge in [-0.05, 0) is 67.9 Å². The van der Waals surface area contributed by atoms with E-state index in [1.807, 2.05) is 13.0 Å². The monoisotopic (exact) mass is 412 g/mol. The van der Waals surface area contributed by atoms with Crippen LogP contribution in [0.25, 0.3) is 0 Å². The summed E-state index contributed by atoms with van der Waals surface area (Å²) in [6.45, 7) is 8.35. The Morgan fingerprint density at radius 3 is 2.87 bits per heavy atom. The zero-order chi connectivity index (χ0) is 21.3. The molecule has 0 bridgehead atoms. The SMILES string of the molecule is C/C=C\C1=C(/C=C(\C)Cc2cc(C3CCOCC(CO)O3)ccc2CC)CCCO1. The molecule has 0 spiro atoms. The average Bonchev–Trinajstić information content (AvgIpc) is 3.01. The summed E-state index contributed by atoms with van der Waals surface area (Å²) in [6.07, 6.45) is 11.0. The van der Waals surface area contributed by atoms with Crippen molar-refractivity contribution in [1.82, 2.24) is 0 Å². The van der Waals surface area contributed by atoms with Crippen molar-refractivity contribution in [1.29, 1.82) is 0 Å². The molecule has 4 nitrogen and oxygen atoms in total. The molecule has 0 amide bonds. The summed E-state index contributed by atoms with van der Waals surface area (Å²) in [5, 5.41) is 9.52.